The maximum atomic E-state index is 5.45. The van der Waals surface area contributed by atoms with Crippen LogP contribution in [-0.2, 0) is 6.54 Å². The minimum atomic E-state index is 0.0665. The highest BCUT2D eigenvalue weighted by molar-refractivity contribution is 5.79. The first-order valence-corrected chi connectivity index (χ1v) is 9.02. The highest BCUT2D eigenvalue weighted by Gasteiger charge is 2.16. The van der Waals surface area contributed by atoms with Crippen LogP contribution < -0.4 is 5.32 Å². The average Bonchev–Trinajstić information content (AvgIpc) is 3.19. The second-order valence-electron chi connectivity index (χ2n) is 6.62. The van der Waals surface area contributed by atoms with Gasteiger partial charge in [-0.3, -0.25) is 0 Å². The van der Waals surface area contributed by atoms with Crippen LogP contribution in [0.3, 0.4) is 0 Å². The third-order valence-electron chi connectivity index (χ3n) is 4.14. The molecule has 2 aromatic carbocycles. The molecule has 1 aromatic heterocycles. The first kappa shape index (κ1) is 18.6. The molecule has 0 bridgehead atoms. The van der Waals surface area contributed by atoms with E-state index in [1.807, 2.05) is 67.5 Å². The van der Waals surface area contributed by atoms with Gasteiger partial charge in [-0.05, 0) is 5.56 Å². The van der Waals surface area contributed by atoms with Crippen molar-refractivity contribution in [2.24, 2.45) is 4.99 Å². The lowest BCUT2D eigenvalue weighted by Gasteiger charge is -2.19. The lowest BCUT2D eigenvalue weighted by Crippen LogP contribution is -2.38. The topological polar surface area (TPSA) is 66.6 Å². The van der Waals surface area contributed by atoms with Crippen molar-refractivity contribution in [3.63, 3.8) is 0 Å². The molecule has 6 nitrogen and oxygen atoms in total. The molecule has 0 radical (unpaired) electrons. The van der Waals surface area contributed by atoms with Crippen molar-refractivity contribution in [1.82, 2.24) is 20.4 Å². The summed E-state index contributed by atoms with van der Waals surface area (Å²) >= 11 is 0. The van der Waals surface area contributed by atoms with Crippen LogP contribution in [-0.4, -0.2) is 41.6 Å². The molecular weight excluding hydrogens is 338 g/mol. The van der Waals surface area contributed by atoms with Crippen LogP contribution in [0.4, 0.5) is 0 Å². The van der Waals surface area contributed by atoms with Crippen LogP contribution >= 0.6 is 0 Å². The van der Waals surface area contributed by atoms with Crippen molar-refractivity contribution >= 4 is 5.96 Å². The van der Waals surface area contributed by atoms with Gasteiger partial charge in [0, 0.05) is 26.2 Å². The van der Waals surface area contributed by atoms with Gasteiger partial charge in [0.05, 0.1) is 12.5 Å². The van der Waals surface area contributed by atoms with E-state index in [9.17, 15) is 0 Å². The Morgan fingerprint density at radius 3 is 2.41 bits per heavy atom. The van der Waals surface area contributed by atoms with Crippen LogP contribution in [0.2, 0.25) is 0 Å². The molecule has 0 spiro atoms. The van der Waals surface area contributed by atoms with Crippen molar-refractivity contribution in [3.8, 4) is 11.4 Å². The highest BCUT2D eigenvalue weighted by atomic mass is 16.5. The van der Waals surface area contributed by atoms with E-state index in [-0.39, 0.29) is 5.92 Å². The van der Waals surface area contributed by atoms with Crippen LogP contribution in [0.15, 0.2) is 70.2 Å². The van der Waals surface area contributed by atoms with E-state index in [1.165, 1.54) is 5.56 Å². The predicted molar refractivity (Wildman–Crippen MR) is 107 cm³/mol. The normalized spacial score (nSPS) is 12.6. The summed E-state index contributed by atoms with van der Waals surface area (Å²) in [6.45, 7) is 3.34. The van der Waals surface area contributed by atoms with Crippen molar-refractivity contribution in [1.29, 1.82) is 0 Å². The lowest BCUT2D eigenvalue weighted by molar-refractivity contribution is 0.358. The fraction of sp³-hybridized carbons (Fsp3) is 0.286. The molecule has 3 rings (SSSR count). The van der Waals surface area contributed by atoms with Gasteiger partial charge in [-0.1, -0.05) is 72.7 Å². The molecule has 1 N–H and O–H groups in total. The third kappa shape index (κ3) is 5.17. The Morgan fingerprint density at radius 2 is 1.74 bits per heavy atom. The molecule has 1 unspecified atom stereocenters. The quantitative estimate of drug-likeness (QED) is 0.536. The van der Waals surface area contributed by atoms with E-state index in [4.69, 9.17) is 4.52 Å². The number of nitrogens with one attached hydrogen (secondary N) is 1. The minimum absolute atomic E-state index is 0.0665. The molecule has 6 heteroatoms. The maximum absolute atomic E-state index is 5.45. The fourth-order valence-electron chi connectivity index (χ4n) is 2.58. The van der Waals surface area contributed by atoms with Gasteiger partial charge in [0.1, 0.15) is 0 Å². The van der Waals surface area contributed by atoms with Gasteiger partial charge >= 0.3 is 0 Å². The maximum Gasteiger partial charge on any atom is 0.231 e. The summed E-state index contributed by atoms with van der Waals surface area (Å²) in [4.78, 5) is 11.2. The Balaban J connectivity index is 1.61. The smallest absolute Gasteiger partial charge is 0.231 e. The Labute approximate surface area is 159 Å². The van der Waals surface area contributed by atoms with Crippen LogP contribution in [0, 0.1) is 0 Å². The molecule has 0 aliphatic carbocycles. The molecule has 1 atom stereocenters. The van der Waals surface area contributed by atoms with E-state index < -0.39 is 0 Å². The van der Waals surface area contributed by atoms with E-state index in [1.54, 1.807) is 0 Å². The zero-order valence-electron chi connectivity index (χ0n) is 16.0. The van der Waals surface area contributed by atoms with Crippen molar-refractivity contribution in [2.45, 2.75) is 19.4 Å². The SMILES string of the molecule is CC(CNC(=NCc1ccccc1)N(C)C)c1nc(-c2ccccc2)no1. The van der Waals surface area contributed by atoms with Gasteiger partial charge in [0.25, 0.3) is 0 Å². The van der Waals surface area contributed by atoms with Crippen LogP contribution in [0.1, 0.15) is 24.3 Å². The van der Waals surface area contributed by atoms with Crippen molar-refractivity contribution < 1.29 is 4.52 Å². The Bertz CT molecular complexity index is 859. The molecule has 0 saturated heterocycles. The van der Waals surface area contributed by atoms with E-state index in [0.29, 0.717) is 24.8 Å². The monoisotopic (exact) mass is 363 g/mol. The molecule has 0 amide bonds. The zero-order valence-corrected chi connectivity index (χ0v) is 16.0. The van der Waals surface area contributed by atoms with Gasteiger partial charge in [-0.25, -0.2) is 4.99 Å². The van der Waals surface area contributed by atoms with Gasteiger partial charge in [-0.2, -0.15) is 4.98 Å². The molecule has 1 heterocycles. The molecule has 0 aliphatic heterocycles. The molecular formula is C21H25N5O. The predicted octanol–water partition coefficient (Wildman–Crippen LogP) is 3.55. The van der Waals surface area contributed by atoms with Gasteiger partial charge in [-0.15, -0.1) is 0 Å². The number of hydrogen-bond acceptors (Lipinski definition) is 4. The number of nitrogens with zero attached hydrogens (tertiary/aromatic N) is 4. The number of aliphatic imine (C=N–C) groups is 1. The summed E-state index contributed by atoms with van der Waals surface area (Å²) in [5.74, 6) is 2.12. The number of rotatable bonds is 6. The van der Waals surface area contributed by atoms with Crippen LogP contribution in [0.5, 0.6) is 0 Å². The molecule has 3 aromatic rings. The summed E-state index contributed by atoms with van der Waals surface area (Å²) in [5, 5.41) is 7.48. The number of hydrogen-bond donors (Lipinski definition) is 1. The number of benzene rings is 2. The molecule has 140 valence electrons. The molecule has 0 fully saturated rings. The van der Waals surface area contributed by atoms with Crippen LogP contribution in [0.25, 0.3) is 11.4 Å². The van der Waals surface area contributed by atoms with Crippen molar-refractivity contribution in [2.75, 3.05) is 20.6 Å². The zero-order chi connectivity index (χ0) is 19.1. The number of guanidine groups is 1. The largest absolute Gasteiger partial charge is 0.355 e. The second kappa shape index (κ2) is 8.98. The molecule has 0 saturated carbocycles. The third-order valence-corrected chi connectivity index (χ3v) is 4.14. The van der Waals surface area contributed by atoms with Gasteiger partial charge in [0.15, 0.2) is 5.96 Å². The summed E-state index contributed by atoms with van der Waals surface area (Å²) in [6.07, 6.45) is 0. The molecule has 0 aliphatic rings. The fourth-order valence-corrected chi connectivity index (χ4v) is 2.58. The molecule has 27 heavy (non-hydrogen) atoms. The summed E-state index contributed by atoms with van der Waals surface area (Å²) in [6, 6.07) is 20.0. The minimum Gasteiger partial charge on any atom is -0.355 e. The summed E-state index contributed by atoms with van der Waals surface area (Å²) < 4.78 is 5.45. The van der Waals surface area contributed by atoms with E-state index in [0.717, 1.165) is 11.5 Å². The van der Waals surface area contributed by atoms with Gasteiger partial charge in [0.2, 0.25) is 11.7 Å². The Kier molecular flexibility index (Phi) is 6.20. The second-order valence-corrected chi connectivity index (χ2v) is 6.62. The first-order chi connectivity index (χ1) is 13.1. The van der Waals surface area contributed by atoms with Crippen molar-refractivity contribution in [3.05, 3.63) is 72.1 Å². The van der Waals surface area contributed by atoms with Gasteiger partial charge < -0.3 is 14.7 Å². The standard InChI is InChI=1S/C21H25N5O/c1-16(20-24-19(25-27-20)18-12-8-5-9-13-18)14-22-21(26(2)3)23-15-17-10-6-4-7-11-17/h4-13,16H,14-15H2,1-3H3,(H,22,23). The Morgan fingerprint density at radius 1 is 1.07 bits per heavy atom. The average molecular weight is 363 g/mol. The van der Waals surface area contributed by atoms with E-state index in [2.05, 4.69) is 39.5 Å². The number of aromatic nitrogens is 2. The highest BCUT2D eigenvalue weighted by Crippen LogP contribution is 2.19. The first-order valence-electron chi connectivity index (χ1n) is 9.02. The summed E-state index contributed by atoms with van der Waals surface area (Å²) in [7, 11) is 3.95. The summed E-state index contributed by atoms with van der Waals surface area (Å²) in [5.41, 5.74) is 2.13. The van der Waals surface area contributed by atoms with E-state index >= 15 is 0 Å². The lowest BCUT2D eigenvalue weighted by atomic mass is 10.2. The Hall–Kier alpha value is -3.15.